The maximum atomic E-state index is 6.29. The summed E-state index contributed by atoms with van der Waals surface area (Å²) in [6.45, 7) is 4.73. The van der Waals surface area contributed by atoms with E-state index < -0.39 is 0 Å². The SMILES string of the molecule is CN=C(NCCc1c[nH]c2cc(C)ccc12)NC1CCN(c2ncccc2Cl)C1.I. The molecule has 1 unspecified atom stereocenters. The van der Waals surface area contributed by atoms with Gasteiger partial charge in [-0.1, -0.05) is 23.7 Å². The molecule has 160 valence electrons. The van der Waals surface area contributed by atoms with Crippen molar-refractivity contribution in [1.82, 2.24) is 20.6 Å². The summed E-state index contributed by atoms with van der Waals surface area (Å²) in [5.41, 5.74) is 3.78. The molecule has 3 heterocycles. The summed E-state index contributed by atoms with van der Waals surface area (Å²) < 4.78 is 0. The molecule has 8 heteroatoms. The van der Waals surface area contributed by atoms with Crippen LogP contribution in [-0.2, 0) is 6.42 Å². The zero-order valence-corrected chi connectivity index (χ0v) is 20.4. The number of aromatic amines is 1. The smallest absolute Gasteiger partial charge is 0.191 e. The number of benzene rings is 1. The fourth-order valence-corrected chi connectivity index (χ4v) is 4.13. The normalized spacial score (nSPS) is 16.6. The second-order valence-corrected chi connectivity index (χ2v) is 7.90. The van der Waals surface area contributed by atoms with Crippen LogP contribution in [0.15, 0.2) is 47.7 Å². The zero-order chi connectivity index (χ0) is 20.2. The molecule has 0 aliphatic carbocycles. The Kier molecular flexibility index (Phi) is 7.82. The average Bonchev–Trinajstić information content (AvgIpc) is 3.34. The molecule has 4 rings (SSSR count). The molecule has 2 aromatic heterocycles. The van der Waals surface area contributed by atoms with Gasteiger partial charge in [0.2, 0.25) is 0 Å². The number of aromatic nitrogens is 2. The molecule has 6 nitrogen and oxygen atoms in total. The van der Waals surface area contributed by atoms with Crippen molar-refractivity contribution in [2.75, 3.05) is 31.6 Å². The number of rotatable bonds is 5. The molecule has 1 atom stereocenters. The lowest BCUT2D eigenvalue weighted by Crippen LogP contribution is -2.45. The highest BCUT2D eigenvalue weighted by Crippen LogP contribution is 2.25. The van der Waals surface area contributed by atoms with Crippen molar-refractivity contribution in [2.24, 2.45) is 4.99 Å². The monoisotopic (exact) mass is 538 g/mol. The van der Waals surface area contributed by atoms with Crippen molar-refractivity contribution in [2.45, 2.75) is 25.8 Å². The number of pyridine rings is 1. The van der Waals surface area contributed by atoms with Crippen molar-refractivity contribution in [3.63, 3.8) is 0 Å². The molecule has 1 saturated heterocycles. The van der Waals surface area contributed by atoms with Crippen LogP contribution >= 0.6 is 35.6 Å². The van der Waals surface area contributed by atoms with Crippen LogP contribution in [0.1, 0.15) is 17.5 Å². The molecule has 3 aromatic rings. The lowest BCUT2D eigenvalue weighted by molar-refractivity contribution is 0.648. The Labute approximate surface area is 199 Å². The standard InChI is InChI=1S/C22H27ClN6.HI/c1-15-5-6-18-16(13-27-20(18)12-15)7-10-26-22(24-2)28-17-8-11-29(14-17)21-19(23)4-3-9-25-21;/h3-6,9,12-13,17,27H,7-8,10-11,14H2,1-2H3,(H2,24,26,28);1H. The minimum Gasteiger partial charge on any atom is -0.361 e. The fourth-order valence-electron chi connectivity index (χ4n) is 3.89. The molecule has 1 aliphatic heterocycles. The third-order valence-corrected chi connectivity index (χ3v) is 5.70. The lowest BCUT2D eigenvalue weighted by Gasteiger charge is -2.20. The van der Waals surface area contributed by atoms with Gasteiger partial charge < -0.3 is 20.5 Å². The van der Waals surface area contributed by atoms with E-state index in [0.717, 1.165) is 44.3 Å². The Balaban J connectivity index is 0.00000256. The van der Waals surface area contributed by atoms with Gasteiger partial charge in [0.1, 0.15) is 5.82 Å². The van der Waals surface area contributed by atoms with E-state index in [4.69, 9.17) is 11.6 Å². The Hall–Kier alpha value is -2.00. The van der Waals surface area contributed by atoms with Crippen LogP contribution in [0.2, 0.25) is 5.02 Å². The molecule has 1 aromatic carbocycles. The van der Waals surface area contributed by atoms with Crippen LogP contribution in [0.3, 0.4) is 0 Å². The summed E-state index contributed by atoms with van der Waals surface area (Å²) >= 11 is 6.29. The fraction of sp³-hybridized carbons (Fsp3) is 0.364. The number of nitrogens with one attached hydrogen (secondary N) is 3. The first-order valence-electron chi connectivity index (χ1n) is 10.0. The van der Waals surface area contributed by atoms with E-state index >= 15 is 0 Å². The molecular formula is C22H28ClIN6. The minimum absolute atomic E-state index is 0. The Morgan fingerprint density at radius 2 is 2.23 bits per heavy atom. The minimum atomic E-state index is 0. The van der Waals surface area contributed by atoms with Crippen molar-refractivity contribution >= 4 is 58.3 Å². The van der Waals surface area contributed by atoms with Crippen molar-refractivity contribution in [3.05, 3.63) is 58.9 Å². The first kappa shape index (κ1) is 22.7. The molecular weight excluding hydrogens is 511 g/mol. The Bertz CT molecular complexity index is 1020. The number of hydrogen-bond acceptors (Lipinski definition) is 3. The zero-order valence-electron chi connectivity index (χ0n) is 17.3. The summed E-state index contributed by atoms with van der Waals surface area (Å²) in [4.78, 5) is 14.4. The molecule has 30 heavy (non-hydrogen) atoms. The molecule has 3 N–H and O–H groups in total. The molecule has 0 amide bonds. The Morgan fingerprint density at radius 3 is 3.03 bits per heavy atom. The van der Waals surface area contributed by atoms with Gasteiger partial charge in [0.25, 0.3) is 0 Å². The van der Waals surface area contributed by atoms with E-state index in [1.54, 1.807) is 6.20 Å². The molecule has 1 aliphatic rings. The van der Waals surface area contributed by atoms with Crippen molar-refractivity contribution < 1.29 is 0 Å². The highest BCUT2D eigenvalue weighted by atomic mass is 127. The van der Waals surface area contributed by atoms with Gasteiger partial charge in [-0.2, -0.15) is 0 Å². The van der Waals surface area contributed by atoms with Crippen LogP contribution in [-0.4, -0.2) is 48.7 Å². The van der Waals surface area contributed by atoms with Crippen LogP contribution in [0.4, 0.5) is 5.82 Å². The average molecular weight is 539 g/mol. The molecule has 0 radical (unpaired) electrons. The number of nitrogens with zero attached hydrogens (tertiary/aromatic N) is 3. The summed E-state index contributed by atoms with van der Waals surface area (Å²) in [6, 6.07) is 10.6. The molecule has 0 bridgehead atoms. The van der Waals surface area contributed by atoms with Crippen LogP contribution in [0.5, 0.6) is 0 Å². The van der Waals surface area contributed by atoms with Gasteiger partial charge >= 0.3 is 0 Å². The first-order chi connectivity index (χ1) is 14.1. The van der Waals surface area contributed by atoms with Crippen LogP contribution in [0.25, 0.3) is 10.9 Å². The van der Waals surface area contributed by atoms with Gasteiger partial charge in [0.15, 0.2) is 5.96 Å². The molecule has 1 fully saturated rings. The third-order valence-electron chi connectivity index (χ3n) is 5.40. The largest absolute Gasteiger partial charge is 0.361 e. The van der Waals surface area contributed by atoms with Gasteiger partial charge in [-0.3, -0.25) is 4.99 Å². The summed E-state index contributed by atoms with van der Waals surface area (Å²) in [5.74, 6) is 1.69. The van der Waals surface area contributed by atoms with Gasteiger partial charge in [-0.15, -0.1) is 24.0 Å². The van der Waals surface area contributed by atoms with Crippen LogP contribution in [0, 0.1) is 6.92 Å². The van der Waals surface area contributed by atoms with Crippen molar-refractivity contribution in [3.8, 4) is 0 Å². The summed E-state index contributed by atoms with van der Waals surface area (Å²) in [6.07, 6.45) is 5.85. The number of aliphatic imine (C=N–C) groups is 1. The molecule has 0 spiro atoms. The van der Waals surface area contributed by atoms with Gasteiger partial charge in [0.05, 0.1) is 5.02 Å². The third kappa shape index (κ3) is 5.18. The lowest BCUT2D eigenvalue weighted by atomic mass is 10.1. The maximum absolute atomic E-state index is 6.29. The summed E-state index contributed by atoms with van der Waals surface area (Å²) in [7, 11) is 1.81. The van der Waals surface area contributed by atoms with E-state index in [1.165, 1.54) is 22.0 Å². The van der Waals surface area contributed by atoms with E-state index in [1.807, 2.05) is 19.2 Å². The highest BCUT2D eigenvalue weighted by Gasteiger charge is 2.25. The van der Waals surface area contributed by atoms with E-state index in [-0.39, 0.29) is 24.0 Å². The number of fused-ring (bicyclic) bond motifs is 1. The topological polar surface area (TPSA) is 68.3 Å². The number of guanidine groups is 1. The number of halogens is 2. The summed E-state index contributed by atoms with van der Waals surface area (Å²) in [5, 5.41) is 8.96. The quantitative estimate of drug-likeness (QED) is 0.260. The second kappa shape index (κ2) is 10.3. The number of hydrogen-bond donors (Lipinski definition) is 3. The van der Waals surface area contributed by atoms with Crippen molar-refractivity contribution in [1.29, 1.82) is 0 Å². The highest BCUT2D eigenvalue weighted by molar-refractivity contribution is 14.0. The van der Waals surface area contributed by atoms with E-state index in [9.17, 15) is 0 Å². The van der Waals surface area contributed by atoms with Gasteiger partial charge in [-0.25, -0.2) is 4.98 Å². The second-order valence-electron chi connectivity index (χ2n) is 7.50. The van der Waals surface area contributed by atoms with Gasteiger partial charge in [-0.05, 0) is 49.1 Å². The predicted molar refractivity (Wildman–Crippen MR) is 137 cm³/mol. The van der Waals surface area contributed by atoms with E-state index in [0.29, 0.717) is 11.1 Å². The molecule has 0 saturated carbocycles. The maximum Gasteiger partial charge on any atom is 0.191 e. The number of aryl methyl sites for hydroxylation is 1. The number of anilines is 1. The van der Waals surface area contributed by atoms with Crippen LogP contribution < -0.4 is 15.5 Å². The first-order valence-corrected chi connectivity index (χ1v) is 10.4. The van der Waals surface area contributed by atoms with E-state index in [2.05, 4.69) is 61.8 Å². The van der Waals surface area contributed by atoms with Gasteiger partial charge in [0, 0.05) is 56.0 Å². The Morgan fingerprint density at radius 1 is 1.37 bits per heavy atom. The number of H-pyrrole nitrogens is 1. The predicted octanol–water partition coefficient (Wildman–Crippen LogP) is 4.13.